The maximum atomic E-state index is 14.2. The van der Waals surface area contributed by atoms with Gasteiger partial charge in [-0.05, 0) is 49.2 Å². The molecule has 0 radical (unpaired) electrons. The molecule has 180 valence electrons. The molecule has 1 aromatic heterocycles. The average Bonchev–Trinajstić information content (AvgIpc) is 3.24. The zero-order valence-corrected chi connectivity index (χ0v) is 21.0. The highest BCUT2D eigenvalue weighted by Gasteiger charge is 2.30. The van der Waals surface area contributed by atoms with E-state index in [0.717, 1.165) is 22.1 Å². The number of carbonyl (C=O) groups is 1. The minimum atomic E-state index is -4.00. The van der Waals surface area contributed by atoms with Gasteiger partial charge in [-0.25, -0.2) is 17.2 Å². The molecule has 0 N–H and O–H groups in total. The van der Waals surface area contributed by atoms with Gasteiger partial charge in [0, 0.05) is 16.5 Å². The van der Waals surface area contributed by atoms with Crippen molar-refractivity contribution in [3.05, 3.63) is 114 Å². The minimum absolute atomic E-state index is 0.190. The highest BCUT2D eigenvalue weighted by atomic mass is 32.2. The molecule has 6 heteroatoms. The number of esters is 1. The molecule has 0 amide bonds. The Balaban J connectivity index is 1.99. The molecule has 0 aliphatic carbocycles. The molecule has 0 unspecified atom stereocenters. The second-order valence-electron chi connectivity index (χ2n) is 8.68. The van der Waals surface area contributed by atoms with Crippen molar-refractivity contribution in [2.75, 3.05) is 7.11 Å². The Morgan fingerprint density at radius 3 is 2.11 bits per heavy atom. The lowest BCUT2D eigenvalue weighted by Gasteiger charge is -2.16. The van der Waals surface area contributed by atoms with Crippen LogP contribution in [0.25, 0.3) is 33.3 Å². The summed E-state index contributed by atoms with van der Waals surface area (Å²) in [6.07, 6.45) is 0. The smallest absolute Gasteiger partial charge is 0.338 e. The van der Waals surface area contributed by atoms with E-state index in [0.29, 0.717) is 27.9 Å². The van der Waals surface area contributed by atoms with Gasteiger partial charge in [0.15, 0.2) is 0 Å². The molecule has 5 nitrogen and oxygen atoms in total. The number of para-hydroxylation sites is 1. The molecule has 1 heterocycles. The predicted octanol–water partition coefficient (Wildman–Crippen LogP) is 6.62. The third-order valence-electron chi connectivity index (χ3n) is 6.37. The van der Waals surface area contributed by atoms with Crippen molar-refractivity contribution in [2.24, 2.45) is 0 Å². The van der Waals surface area contributed by atoms with Crippen molar-refractivity contribution in [1.82, 2.24) is 3.97 Å². The molecule has 36 heavy (non-hydrogen) atoms. The van der Waals surface area contributed by atoms with Gasteiger partial charge in [-0.2, -0.15) is 0 Å². The minimum Gasteiger partial charge on any atom is -0.465 e. The van der Waals surface area contributed by atoms with E-state index in [1.807, 2.05) is 68.4 Å². The topological polar surface area (TPSA) is 65.4 Å². The van der Waals surface area contributed by atoms with Gasteiger partial charge in [-0.1, -0.05) is 78.4 Å². The zero-order chi connectivity index (χ0) is 25.4. The summed E-state index contributed by atoms with van der Waals surface area (Å²) in [5, 5.41) is 0.728. The summed E-state index contributed by atoms with van der Waals surface area (Å²) in [5.74, 6) is -0.481. The molecule has 0 saturated heterocycles. The summed E-state index contributed by atoms with van der Waals surface area (Å²) in [5.41, 5.74) is 5.26. The molecule has 0 aliphatic heterocycles. The van der Waals surface area contributed by atoms with Crippen LogP contribution >= 0.6 is 0 Å². The number of methoxy groups -OCH3 is 1. The SMILES string of the molecule is COC(=O)c1cccc(C)c1-c1c(-c2ccccc2)n(S(=O)(=O)c2ccc(C)cc2)c2ccccc12. The van der Waals surface area contributed by atoms with Gasteiger partial charge in [-0.15, -0.1) is 0 Å². The van der Waals surface area contributed by atoms with Crippen LogP contribution in [0.4, 0.5) is 0 Å². The third kappa shape index (κ3) is 3.80. The van der Waals surface area contributed by atoms with Gasteiger partial charge in [0.2, 0.25) is 0 Å². The van der Waals surface area contributed by atoms with Gasteiger partial charge in [0.25, 0.3) is 10.0 Å². The lowest BCUT2D eigenvalue weighted by molar-refractivity contribution is 0.0601. The molecular formula is C30H25NO4S. The highest BCUT2D eigenvalue weighted by molar-refractivity contribution is 7.90. The first-order chi connectivity index (χ1) is 17.3. The maximum absolute atomic E-state index is 14.2. The number of hydrogen-bond acceptors (Lipinski definition) is 4. The molecule has 5 aromatic rings. The van der Waals surface area contributed by atoms with Crippen LogP contribution in [0.15, 0.2) is 102 Å². The standard InChI is InChI=1S/C30H25NO4S/c1-20-16-18-23(19-17-20)36(33,34)31-26-15-8-7-13-24(26)28(29(31)22-11-5-4-6-12-22)27-21(2)10-9-14-25(27)30(32)35-3/h4-19H,1-3H3. The Hall–Kier alpha value is -4.16. The first-order valence-corrected chi connectivity index (χ1v) is 13.0. The molecule has 0 aliphatic rings. The van der Waals surface area contributed by atoms with E-state index < -0.39 is 16.0 Å². The molecule has 0 spiro atoms. The van der Waals surface area contributed by atoms with Crippen LogP contribution < -0.4 is 0 Å². The predicted molar refractivity (Wildman–Crippen MR) is 143 cm³/mol. The highest BCUT2D eigenvalue weighted by Crippen LogP contribution is 2.45. The number of rotatable bonds is 5. The average molecular weight is 496 g/mol. The number of benzene rings is 4. The quantitative estimate of drug-likeness (QED) is 0.257. The van der Waals surface area contributed by atoms with E-state index in [1.165, 1.54) is 11.1 Å². The summed E-state index contributed by atoms with van der Waals surface area (Å²) in [7, 11) is -2.65. The number of aromatic nitrogens is 1. The Labute approximate surface area is 210 Å². The summed E-state index contributed by atoms with van der Waals surface area (Å²) < 4.78 is 35.0. The van der Waals surface area contributed by atoms with Crippen molar-refractivity contribution >= 4 is 26.9 Å². The number of nitrogens with zero attached hydrogens (tertiary/aromatic N) is 1. The molecule has 0 atom stereocenters. The first kappa shape index (κ1) is 23.6. The lowest BCUT2D eigenvalue weighted by atomic mass is 9.91. The van der Waals surface area contributed by atoms with Gasteiger partial charge in [0.05, 0.1) is 28.8 Å². The largest absolute Gasteiger partial charge is 0.465 e. The van der Waals surface area contributed by atoms with Crippen LogP contribution in [0.1, 0.15) is 21.5 Å². The number of carbonyl (C=O) groups excluding carboxylic acids is 1. The molecule has 0 saturated carbocycles. The monoisotopic (exact) mass is 495 g/mol. The molecule has 0 fully saturated rings. The fourth-order valence-corrected chi connectivity index (χ4v) is 6.21. The van der Waals surface area contributed by atoms with Crippen molar-refractivity contribution in [1.29, 1.82) is 0 Å². The Kier molecular flexibility index (Phi) is 5.98. The molecular weight excluding hydrogens is 470 g/mol. The second-order valence-corrected chi connectivity index (χ2v) is 10.5. The van der Waals surface area contributed by atoms with Crippen LogP contribution in [0.3, 0.4) is 0 Å². The van der Waals surface area contributed by atoms with Gasteiger partial charge < -0.3 is 4.74 Å². The molecule has 0 bridgehead atoms. The first-order valence-electron chi connectivity index (χ1n) is 11.5. The Morgan fingerprint density at radius 2 is 1.42 bits per heavy atom. The molecule has 5 rings (SSSR count). The number of fused-ring (bicyclic) bond motifs is 1. The summed E-state index contributed by atoms with van der Waals surface area (Å²) in [6, 6.07) is 29.1. The van der Waals surface area contributed by atoms with Crippen LogP contribution in [-0.4, -0.2) is 25.5 Å². The van der Waals surface area contributed by atoms with E-state index in [1.54, 1.807) is 42.5 Å². The van der Waals surface area contributed by atoms with E-state index in [-0.39, 0.29) is 4.90 Å². The maximum Gasteiger partial charge on any atom is 0.338 e. The number of aryl methyl sites for hydroxylation is 2. The van der Waals surface area contributed by atoms with Crippen molar-refractivity contribution < 1.29 is 17.9 Å². The number of ether oxygens (including phenoxy) is 1. The Bertz CT molecular complexity index is 1700. The van der Waals surface area contributed by atoms with Gasteiger partial charge in [-0.3, -0.25) is 0 Å². The second kappa shape index (κ2) is 9.13. The van der Waals surface area contributed by atoms with E-state index in [2.05, 4.69) is 0 Å². The fraction of sp³-hybridized carbons (Fsp3) is 0.100. The zero-order valence-electron chi connectivity index (χ0n) is 20.2. The van der Waals surface area contributed by atoms with E-state index >= 15 is 0 Å². The van der Waals surface area contributed by atoms with Crippen molar-refractivity contribution in [3.8, 4) is 22.4 Å². The normalized spacial score (nSPS) is 11.5. The van der Waals surface area contributed by atoms with E-state index in [9.17, 15) is 13.2 Å². The molecule has 4 aromatic carbocycles. The van der Waals surface area contributed by atoms with Gasteiger partial charge in [0.1, 0.15) is 0 Å². The Morgan fingerprint density at radius 1 is 0.750 bits per heavy atom. The van der Waals surface area contributed by atoms with Crippen LogP contribution in [0.5, 0.6) is 0 Å². The summed E-state index contributed by atoms with van der Waals surface area (Å²) >= 11 is 0. The fourth-order valence-electron chi connectivity index (χ4n) is 4.67. The number of hydrogen-bond donors (Lipinski definition) is 0. The van der Waals surface area contributed by atoms with Crippen LogP contribution in [0, 0.1) is 13.8 Å². The summed E-state index contributed by atoms with van der Waals surface area (Å²) in [4.78, 5) is 13.0. The van der Waals surface area contributed by atoms with Crippen molar-refractivity contribution in [2.45, 2.75) is 18.7 Å². The van der Waals surface area contributed by atoms with Crippen LogP contribution in [-0.2, 0) is 14.8 Å². The summed E-state index contributed by atoms with van der Waals surface area (Å²) in [6.45, 7) is 3.83. The van der Waals surface area contributed by atoms with E-state index in [4.69, 9.17) is 4.74 Å². The van der Waals surface area contributed by atoms with Gasteiger partial charge >= 0.3 is 5.97 Å². The lowest BCUT2D eigenvalue weighted by Crippen LogP contribution is -2.14. The third-order valence-corrected chi connectivity index (χ3v) is 8.09. The van der Waals surface area contributed by atoms with Crippen molar-refractivity contribution in [3.63, 3.8) is 0 Å². The van der Waals surface area contributed by atoms with Crippen LogP contribution in [0.2, 0.25) is 0 Å².